The average molecular weight is 238 g/mol. The summed E-state index contributed by atoms with van der Waals surface area (Å²) in [5, 5.41) is 0. The average Bonchev–Trinajstić information content (AvgIpc) is 3.02. The van der Waals surface area contributed by atoms with E-state index in [1.54, 1.807) is 0 Å². The van der Waals surface area contributed by atoms with Gasteiger partial charge >= 0.3 is 0 Å². The second-order valence-corrected chi connectivity index (χ2v) is 5.75. The summed E-state index contributed by atoms with van der Waals surface area (Å²) in [6, 6.07) is 0. The van der Waals surface area contributed by atoms with E-state index >= 15 is 0 Å². The van der Waals surface area contributed by atoms with Crippen LogP contribution in [0.1, 0.15) is 32.1 Å². The highest BCUT2D eigenvalue weighted by atomic mass is 16.5. The fraction of sp³-hybridized carbons (Fsp3) is 0.923. The fourth-order valence-electron chi connectivity index (χ4n) is 3.68. The maximum atomic E-state index is 12.3. The highest BCUT2D eigenvalue weighted by Crippen LogP contribution is 2.38. The summed E-state index contributed by atoms with van der Waals surface area (Å²) in [4.78, 5) is 14.3. The zero-order valence-corrected chi connectivity index (χ0v) is 10.3. The molecule has 2 N–H and O–H groups in total. The van der Waals surface area contributed by atoms with Crippen molar-refractivity contribution in [2.45, 2.75) is 44.3 Å². The molecular weight excluding hydrogens is 216 g/mol. The van der Waals surface area contributed by atoms with Crippen molar-refractivity contribution < 1.29 is 9.53 Å². The molecule has 1 saturated carbocycles. The Kier molecular flexibility index (Phi) is 3.09. The van der Waals surface area contributed by atoms with Gasteiger partial charge in [-0.15, -0.1) is 0 Å². The lowest BCUT2D eigenvalue weighted by Gasteiger charge is -2.21. The smallest absolute Gasteiger partial charge is 0.251 e. The number of fused-ring (bicyclic) bond motifs is 1. The Balaban J connectivity index is 1.57. The minimum Gasteiger partial charge on any atom is -0.364 e. The molecule has 4 nitrogen and oxygen atoms in total. The van der Waals surface area contributed by atoms with E-state index < -0.39 is 0 Å². The van der Waals surface area contributed by atoms with Crippen molar-refractivity contribution in [3.8, 4) is 0 Å². The molecule has 0 aromatic rings. The first kappa shape index (κ1) is 11.5. The van der Waals surface area contributed by atoms with Crippen LogP contribution in [0.5, 0.6) is 0 Å². The molecular formula is C13H22N2O2. The highest BCUT2D eigenvalue weighted by Gasteiger charge is 2.41. The van der Waals surface area contributed by atoms with Crippen LogP contribution in [0.25, 0.3) is 0 Å². The second kappa shape index (κ2) is 4.58. The SMILES string of the molecule is NC[C@H]1CC[C@@H](C(=O)N2CC3CCCC3C2)O1. The van der Waals surface area contributed by atoms with Crippen LogP contribution in [0.15, 0.2) is 0 Å². The quantitative estimate of drug-likeness (QED) is 0.772. The molecule has 3 rings (SSSR count). The summed E-state index contributed by atoms with van der Waals surface area (Å²) in [6.07, 6.45) is 5.66. The van der Waals surface area contributed by atoms with Crippen LogP contribution in [0.4, 0.5) is 0 Å². The van der Waals surface area contributed by atoms with Crippen molar-refractivity contribution in [1.82, 2.24) is 4.90 Å². The Hall–Kier alpha value is -0.610. The van der Waals surface area contributed by atoms with Crippen LogP contribution in [0, 0.1) is 11.8 Å². The number of nitrogens with two attached hydrogens (primary N) is 1. The van der Waals surface area contributed by atoms with Gasteiger partial charge in [-0.1, -0.05) is 6.42 Å². The van der Waals surface area contributed by atoms with Gasteiger partial charge in [-0.3, -0.25) is 4.79 Å². The molecule has 1 aliphatic carbocycles. The van der Waals surface area contributed by atoms with Gasteiger partial charge in [-0.05, 0) is 37.5 Å². The van der Waals surface area contributed by atoms with Crippen molar-refractivity contribution >= 4 is 5.91 Å². The zero-order chi connectivity index (χ0) is 11.8. The normalized spacial score (nSPS) is 40.9. The summed E-state index contributed by atoms with van der Waals surface area (Å²) in [7, 11) is 0. The van der Waals surface area contributed by atoms with E-state index in [2.05, 4.69) is 0 Å². The predicted molar refractivity (Wildman–Crippen MR) is 64.4 cm³/mol. The van der Waals surface area contributed by atoms with E-state index in [4.69, 9.17) is 10.5 Å². The molecule has 2 unspecified atom stereocenters. The lowest BCUT2D eigenvalue weighted by Crippen LogP contribution is -2.38. The number of carbonyl (C=O) groups excluding carboxylic acids is 1. The molecule has 2 aliphatic heterocycles. The van der Waals surface area contributed by atoms with Gasteiger partial charge in [0.1, 0.15) is 6.10 Å². The molecule has 2 saturated heterocycles. The molecule has 0 spiro atoms. The van der Waals surface area contributed by atoms with Gasteiger partial charge in [-0.25, -0.2) is 0 Å². The Bertz CT molecular complexity index is 296. The fourth-order valence-corrected chi connectivity index (χ4v) is 3.68. The van der Waals surface area contributed by atoms with Crippen LogP contribution in [0.2, 0.25) is 0 Å². The molecule has 17 heavy (non-hydrogen) atoms. The van der Waals surface area contributed by atoms with E-state index in [0.29, 0.717) is 6.54 Å². The molecule has 2 heterocycles. The number of likely N-dealkylation sites (tertiary alicyclic amines) is 1. The Labute approximate surface area is 102 Å². The van der Waals surface area contributed by atoms with Gasteiger partial charge in [0.2, 0.25) is 0 Å². The largest absolute Gasteiger partial charge is 0.364 e. The number of nitrogens with zero attached hydrogens (tertiary/aromatic N) is 1. The van der Waals surface area contributed by atoms with Crippen molar-refractivity contribution in [2.75, 3.05) is 19.6 Å². The summed E-state index contributed by atoms with van der Waals surface area (Å²) in [5.74, 6) is 1.76. The van der Waals surface area contributed by atoms with Crippen LogP contribution < -0.4 is 5.73 Å². The maximum Gasteiger partial charge on any atom is 0.251 e. The van der Waals surface area contributed by atoms with Crippen LogP contribution in [-0.4, -0.2) is 42.6 Å². The zero-order valence-electron chi connectivity index (χ0n) is 10.3. The van der Waals surface area contributed by atoms with Gasteiger partial charge in [0.05, 0.1) is 6.10 Å². The van der Waals surface area contributed by atoms with Crippen molar-refractivity contribution in [2.24, 2.45) is 17.6 Å². The van der Waals surface area contributed by atoms with Gasteiger partial charge in [0.25, 0.3) is 5.91 Å². The third-order valence-corrected chi connectivity index (χ3v) is 4.68. The molecule has 3 fully saturated rings. The lowest BCUT2D eigenvalue weighted by molar-refractivity contribution is -0.142. The van der Waals surface area contributed by atoms with Crippen molar-refractivity contribution in [1.29, 1.82) is 0 Å². The number of hydrogen-bond donors (Lipinski definition) is 1. The number of hydrogen-bond acceptors (Lipinski definition) is 3. The molecule has 3 aliphatic rings. The molecule has 0 aromatic heterocycles. The molecule has 96 valence electrons. The third kappa shape index (κ3) is 2.08. The summed E-state index contributed by atoms with van der Waals surface area (Å²) < 4.78 is 5.69. The summed E-state index contributed by atoms with van der Waals surface area (Å²) >= 11 is 0. The van der Waals surface area contributed by atoms with Gasteiger partial charge < -0.3 is 15.4 Å². The van der Waals surface area contributed by atoms with Gasteiger partial charge in [-0.2, -0.15) is 0 Å². The molecule has 4 heteroatoms. The standard InChI is InChI=1S/C13H22N2O2/c14-6-11-4-5-12(17-11)13(16)15-7-9-2-1-3-10(9)8-15/h9-12H,1-8,14H2/t9?,10?,11-,12+/m1/s1. The van der Waals surface area contributed by atoms with E-state index in [1.807, 2.05) is 4.90 Å². The number of rotatable bonds is 2. The number of carbonyl (C=O) groups is 1. The first-order chi connectivity index (χ1) is 8.28. The van der Waals surface area contributed by atoms with Crippen LogP contribution in [0.3, 0.4) is 0 Å². The Morgan fingerprint density at radius 2 is 1.88 bits per heavy atom. The molecule has 0 aromatic carbocycles. The molecule has 0 radical (unpaired) electrons. The summed E-state index contributed by atoms with van der Waals surface area (Å²) in [6.45, 7) is 2.47. The van der Waals surface area contributed by atoms with Gasteiger partial charge in [0.15, 0.2) is 0 Å². The minimum absolute atomic E-state index is 0.103. The van der Waals surface area contributed by atoms with Crippen LogP contribution in [-0.2, 0) is 9.53 Å². The monoisotopic (exact) mass is 238 g/mol. The Morgan fingerprint density at radius 1 is 1.18 bits per heavy atom. The maximum absolute atomic E-state index is 12.3. The topological polar surface area (TPSA) is 55.6 Å². The van der Waals surface area contributed by atoms with Gasteiger partial charge in [0, 0.05) is 19.6 Å². The highest BCUT2D eigenvalue weighted by molar-refractivity contribution is 5.81. The van der Waals surface area contributed by atoms with Crippen molar-refractivity contribution in [3.05, 3.63) is 0 Å². The number of amides is 1. The van der Waals surface area contributed by atoms with E-state index in [0.717, 1.165) is 37.8 Å². The summed E-state index contributed by atoms with van der Waals surface area (Å²) in [5.41, 5.74) is 5.57. The lowest BCUT2D eigenvalue weighted by atomic mass is 10.0. The van der Waals surface area contributed by atoms with E-state index in [1.165, 1.54) is 19.3 Å². The predicted octanol–water partition coefficient (Wildman–Crippen LogP) is 0.751. The second-order valence-electron chi connectivity index (χ2n) is 5.75. The van der Waals surface area contributed by atoms with E-state index in [9.17, 15) is 4.79 Å². The van der Waals surface area contributed by atoms with Crippen LogP contribution >= 0.6 is 0 Å². The molecule has 1 amide bonds. The minimum atomic E-state index is -0.206. The first-order valence-electron chi connectivity index (χ1n) is 6.92. The van der Waals surface area contributed by atoms with E-state index in [-0.39, 0.29) is 18.1 Å². The third-order valence-electron chi connectivity index (χ3n) is 4.68. The molecule has 0 bridgehead atoms. The first-order valence-corrected chi connectivity index (χ1v) is 6.92. The van der Waals surface area contributed by atoms with Crippen molar-refractivity contribution in [3.63, 3.8) is 0 Å². The number of ether oxygens (including phenoxy) is 1. The molecule has 4 atom stereocenters. The Morgan fingerprint density at radius 3 is 2.47 bits per heavy atom.